The number of hydrogen-bond donors (Lipinski definition) is 1. The molecule has 0 saturated heterocycles. The normalized spacial score (nSPS) is 21.0. The van der Waals surface area contributed by atoms with Gasteiger partial charge in [0.25, 0.3) is 0 Å². The van der Waals surface area contributed by atoms with Crippen molar-refractivity contribution in [1.82, 2.24) is 4.90 Å². The van der Waals surface area contributed by atoms with Gasteiger partial charge in [0.15, 0.2) is 0 Å². The average molecular weight is 368 g/mol. The number of nitrogens with zero attached hydrogens (tertiary/aromatic N) is 1. The fraction of sp³-hybridized carbons (Fsp3) is 0.545. The van der Waals surface area contributed by atoms with Crippen molar-refractivity contribution < 1.29 is 14.3 Å². The lowest BCUT2D eigenvalue weighted by Crippen LogP contribution is -2.41. The van der Waals surface area contributed by atoms with Gasteiger partial charge >= 0.3 is 6.09 Å². The van der Waals surface area contributed by atoms with Crippen LogP contribution in [-0.2, 0) is 14.9 Å². The zero-order chi connectivity index (χ0) is 19.4. The van der Waals surface area contributed by atoms with Crippen molar-refractivity contribution in [2.45, 2.75) is 70.8 Å². The first-order chi connectivity index (χ1) is 12.7. The summed E-state index contributed by atoms with van der Waals surface area (Å²) in [6.07, 6.45) is 4.50. The SMILES string of the molecule is CC1=C(c2ccc3c(c2)C2(CCC2)C(=O)N3)N(C(=O)OC(C)(C)C)CCC1. The summed E-state index contributed by atoms with van der Waals surface area (Å²) in [5.74, 6) is 0.124. The Bertz CT molecular complexity index is 844. The molecule has 5 heteroatoms. The van der Waals surface area contributed by atoms with E-state index in [1.165, 1.54) is 5.57 Å². The van der Waals surface area contributed by atoms with Crippen LogP contribution in [0.4, 0.5) is 10.5 Å². The fourth-order valence-electron chi connectivity index (χ4n) is 4.45. The Hall–Kier alpha value is -2.30. The third kappa shape index (κ3) is 2.93. The Balaban J connectivity index is 1.73. The van der Waals surface area contributed by atoms with Crippen molar-refractivity contribution in [3.63, 3.8) is 0 Å². The van der Waals surface area contributed by atoms with Crippen molar-refractivity contribution >= 4 is 23.4 Å². The number of carbonyl (C=O) groups is 2. The molecule has 0 unspecified atom stereocenters. The summed E-state index contributed by atoms with van der Waals surface area (Å²) in [6.45, 7) is 8.40. The third-order valence-corrected chi connectivity index (χ3v) is 5.92. The second kappa shape index (κ2) is 6.11. The molecule has 0 bridgehead atoms. The van der Waals surface area contributed by atoms with E-state index in [0.717, 1.165) is 54.6 Å². The molecule has 144 valence electrons. The molecule has 2 heterocycles. The van der Waals surface area contributed by atoms with Gasteiger partial charge in [0, 0.05) is 12.2 Å². The van der Waals surface area contributed by atoms with E-state index in [2.05, 4.69) is 18.3 Å². The van der Waals surface area contributed by atoms with Gasteiger partial charge in [0.1, 0.15) is 5.60 Å². The number of benzene rings is 1. The zero-order valence-electron chi connectivity index (χ0n) is 16.6. The summed E-state index contributed by atoms with van der Waals surface area (Å²) in [7, 11) is 0. The molecule has 27 heavy (non-hydrogen) atoms. The summed E-state index contributed by atoms with van der Waals surface area (Å²) in [6, 6.07) is 6.12. The van der Waals surface area contributed by atoms with Gasteiger partial charge in [0.2, 0.25) is 5.91 Å². The Labute approximate surface area is 160 Å². The second-order valence-electron chi connectivity index (χ2n) is 9.01. The molecule has 0 atom stereocenters. The number of carbonyl (C=O) groups excluding carboxylic acids is 2. The maximum absolute atomic E-state index is 12.8. The highest BCUT2D eigenvalue weighted by Crippen LogP contribution is 2.51. The Morgan fingerprint density at radius 3 is 2.59 bits per heavy atom. The number of amides is 2. The van der Waals surface area contributed by atoms with Crippen LogP contribution in [-0.4, -0.2) is 29.0 Å². The maximum Gasteiger partial charge on any atom is 0.414 e. The van der Waals surface area contributed by atoms with Crippen molar-refractivity contribution in [3.05, 3.63) is 34.9 Å². The number of nitrogens with one attached hydrogen (secondary N) is 1. The predicted octanol–water partition coefficient (Wildman–Crippen LogP) is 4.82. The van der Waals surface area contributed by atoms with Crippen LogP contribution in [0.15, 0.2) is 23.8 Å². The molecule has 1 N–H and O–H groups in total. The van der Waals surface area contributed by atoms with Gasteiger partial charge in [0.05, 0.1) is 11.1 Å². The van der Waals surface area contributed by atoms with E-state index in [4.69, 9.17) is 4.74 Å². The van der Waals surface area contributed by atoms with Crippen molar-refractivity contribution in [3.8, 4) is 0 Å². The summed E-state index contributed by atoms with van der Waals surface area (Å²) >= 11 is 0. The van der Waals surface area contributed by atoms with Gasteiger partial charge in [-0.2, -0.15) is 0 Å². The molecule has 1 fully saturated rings. The van der Waals surface area contributed by atoms with Crippen LogP contribution in [0.2, 0.25) is 0 Å². The lowest BCUT2D eigenvalue weighted by Gasteiger charge is -2.37. The first-order valence-corrected chi connectivity index (χ1v) is 9.88. The number of allylic oxidation sites excluding steroid dienone is 1. The maximum atomic E-state index is 12.8. The summed E-state index contributed by atoms with van der Waals surface area (Å²) in [5, 5.41) is 3.04. The second-order valence-corrected chi connectivity index (χ2v) is 9.01. The van der Waals surface area contributed by atoms with E-state index < -0.39 is 5.60 Å². The zero-order valence-corrected chi connectivity index (χ0v) is 16.6. The smallest absolute Gasteiger partial charge is 0.414 e. The first-order valence-electron chi connectivity index (χ1n) is 9.88. The Morgan fingerprint density at radius 2 is 1.96 bits per heavy atom. The lowest BCUT2D eigenvalue weighted by atomic mass is 9.65. The lowest BCUT2D eigenvalue weighted by molar-refractivity contribution is -0.123. The molecule has 5 nitrogen and oxygen atoms in total. The molecule has 4 rings (SSSR count). The van der Waals surface area contributed by atoms with E-state index in [0.29, 0.717) is 6.54 Å². The molecular formula is C22H28N2O3. The first kappa shape index (κ1) is 18.1. The number of hydrogen-bond acceptors (Lipinski definition) is 3. The van der Waals surface area contributed by atoms with Crippen LogP contribution >= 0.6 is 0 Å². The molecule has 0 aromatic heterocycles. The van der Waals surface area contributed by atoms with E-state index in [9.17, 15) is 9.59 Å². The molecule has 1 saturated carbocycles. The monoisotopic (exact) mass is 368 g/mol. The van der Waals surface area contributed by atoms with Crippen molar-refractivity contribution in [1.29, 1.82) is 0 Å². The number of ether oxygens (including phenoxy) is 1. The summed E-state index contributed by atoms with van der Waals surface area (Å²) in [5.41, 5.74) is 4.24. The van der Waals surface area contributed by atoms with Crippen LogP contribution < -0.4 is 5.32 Å². The third-order valence-electron chi connectivity index (χ3n) is 5.92. The number of rotatable bonds is 1. The molecule has 3 aliphatic rings. The van der Waals surface area contributed by atoms with Crippen molar-refractivity contribution in [2.24, 2.45) is 0 Å². The molecule has 1 aromatic carbocycles. The van der Waals surface area contributed by atoms with Gasteiger partial charge < -0.3 is 10.1 Å². The molecular weight excluding hydrogens is 340 g/mol. The number of anilines is 1. The summed E-state index contributed by atoms with van der Waals surface area (Å²) < 4.78 is 5.65. The molecule has 1 aromatic rings. The van der Waals surface area contributed by atoms with E-state index in [1.807, 2.05) is 32.9 Å². The van der Waals surface area contributed by atoms with Crippen LogP contribution in [0.5, 0.6) is 0 Å². The van der Waals surface area contributed by atoms with Crippen molar-refractivity contribution in [2.75, 3.05) is 11.9 Å². The topological polar surface area (TPSA) is 58.6 Å². The number of fused-ring (bicyclic) bond motifs is 2. The fourth-order valence-corrected chi connectivity index (χ4v) is 4.45. The minimum absolute atomic E-state index is 0.124. The van der Waals surface area contributed by atoms with Gasteiger partial charge in [-0.1, -0.05) is 12.5 Å². The molecule has 0 radical (unpaired) electrons. The molecule has 2 aliphatic heterocycles. The largest absolute Gasteiger partial charge is 0.443 e. The molecule has 1 aliphatic carbocycles. The van der Waals surface area contributed by atoms with E-state index in [-0.39, 0.29) is 17.4 Å². The molecule has 1 spiro atoms. The minimum Gasteiger partial charge on any atom is -0.443 e. The summed E-state index contributed by atoms with van der Waals surface area (Å²) in [4.78, 5) is 27.1. The van der Waals surface area contributed by atoms with Crippen LogP contribution in [0, 0.1) is 0 Å². The van der Waals surface area contributed by atoms with E-state index >= 15 is 0 Å². The van der Waals surface area contributed by atoms with Crippen LogP contribution in [0.3, 0.4) is 0 Å². The molecule has 2 amide bonds. The Kier molecular flexibility index (Phi) is 4.09. The highest BCUT2D eigenvalue weighted by molar-refractivity contribution is 6.07. The Morgan fingerprint density at radius 1 is 1.22 bits per heavy atom. The van der Waals surface area contributed by atoms with Gasteiger partial charge in [-0.15, -0.1) is 0 Å². The highest BCUT2D eigenvalue weighted by Gasteiger charge is 2.51. The average Bonchev–Trinajstić information content (AvgIpc) is 2.83. The van der Waals surface area contributed by atoms with Crippen LogP contribution in [0.1, 0.15) is 70.9 Å². The van der Waals surface area contributed by atoms with Gasteiger partial charge in [-0.3, -0.25) is 9.69 Å². The van der Waals surface area contributed by atoms with Gasteiger partial charge in [-0.25, -0.2) is 4.79 Å². The quantitative estimate of drug-likeness (QED) is 0.773. The predicted molar refractivity (Wildman–Crippen MR) is 105 cm³/mol. The van der Waals surface area contributed by atoms with Gasteiger partial charge in [-0.05, 0) is 82.2 Å². The highest BCUT2D eigenvalue weighted by atomic mass is 16.6. The minimum atomic E-state index is -0.530. The standard InChI is InChI=1S/C22H28N2O3/c1-14-7-5-12-24(20(26)27-21(2,3)4)18(14)15-8-9-17-16(13-15)22(10-6-11-22)19(25)23-17/h8-9,13H,5-7,10-12H2,1-4H3,(H,23,25). The van der Waals surface area contributed by atoms with Crippen LogP contribution in [0.25, 0.3) is 5.70 Å². The van der Waals surface area contributed by atoms with E-state index in [1.54, 1.807) is 4.90 Å².